The van der Waals surface area contributed by atoms with Gasteiger partial charge in [0.25, 0.3) is 0 Å². The third-order valence-corrected chi connectivity index (χ3v) is 4.09. The van der Waals surface area contributed by atoms with Gasteiger partial charge in [-0.15, -0.1) is 0 Å². The van der Waals surface area contributed by atoms with Crippen LogP contribution in [0.4, 0.5) is 0 Å². The minimum atomic E-state index is 0.688. The Balaban J connectivity index is 1.75. The maximum absolute atomic E-state index is 5.20. The molecule has 3 rings (SSSR count). The minimum Gasteiger partial charge on any atom is -0.497 e. The van der Waals surface area contributed by atoms with Crippen LogP contribution in [-0.4, -0.2) is 39.0 Å². The van der Waals surface area contributed by atoms with Crippen LogP contribution in [0.2, 0.25) is 0 Å². The lowest BCUT2D eigenvalue weighted by atomic mass is 10.1. The van der Waals surface area contributed by atoms with Crippen LogP contribution >= 0.6 is 0 Å². The van der Waals surface area contributed by atoms with E-state index in [0.29, 0.717) is 5.96 Å². The lowest BCUT2D eigenvalue weighted by Gasteiger charge is -2.02. The van der Waals surface area contributed by atoms with Crippen molar-refractivity contribution < 1.29 is 9.47 Å². The number of nitrogens with one attached hydrogen (secondary N) is 2. The van der Waals surface area contributed by atoms with Crippen molar-refractivity contribution in [1.29, 1.82) is 0 Å². The molecule has 0 fully saturated rings. The molecule has 0 unspecified atom stereocenters. The molecule has 1 aliphatic heterocycles. The molecule has 6 nitrogen and oxygen atoms in total. The van der Waals surface area contributed by atoms with Gasteiger partial charge >= 0.3 is 0 Å². The fraction of sp³-hybridized carbons (Fsp3) is 0.182. The zero-order valence-electron chi connectivity index (χ0n) is 16.1. The number of hydrogen-bond donors (Lipinski definition) is 2. The standard InChI is InChI=1S/C22H24N4O2/c1-27-20-11-5-17(6-12-20)3-9-19(25-26-22-23-15-16-24-22)10-4-18-7-13-21(28-2)14-8-18/h3-14H,15-16H2,1-2H3,(H2,23,24,26)/b9-3+,10-4+. The van der Waals surface area contributed by atoms with Crippen molar-refractivity contribution in [3.05, 3.63) is 71.8 Å². The van der Waals surface area contributed by atoms with Crippen LogP contribution in [0.5, 0.6) is 11.5 Å². The van der Waals surface area contributed by atoms with Crippen molar-refractivity contribution in [3.8, 4) is 11.5 Å². The maximum Gasteiger partial charge on any atom is 0.212 e. The maximum atomic E-state index is 5.20. The molecule has 0 saturated carbocycles. The molecular formula is C22H24N4O2. The molecule has 2 aromatic carbocycles. The third-order valence-electron chi connectivity index (χ3n) is 4.09. The number of ether oxygens (including phenoxy) is 2. The van der Waals surface area contributed by atoms with E-state index < -0.39 is 0 Å². The van der Waals surface area contributed by atoms with E-state index in [1.165, 1.54) is 0 Å². The monoisotopic (exact) mass is 376 g/mol. The molecular weight excluding hydrogens is 352 g/mol. The molecule has 2 aromatic rings. The van der Waals surface area contributed by atoms with Crippen molar-refractivity contribution in [3.63, 3.8) is 0 Å². The SMILES string of the molecule is COc1ccc(/C=C/C(/C=C/c2ccc(OC)cc2)=NNC2=NCCN2)cc1. The zero-order chi connectivity index (χ0) is 19.6. The Morgan fingerprint density at radius 1 is 0.929 bits per heavy atom. The van der Waals surface area contributed by atoms with Crippen molar-refractivity contribution in [2.75, 3.05) is 27.3 Å². The van der Waals surface area contributed by atoms with Gasteiger partial charge in [0, 0.05) is 6.54 Å². The Morgan fingerprint density at radius 3 is 1.89 bits per heavy atom. The predicted molar refractivity (Wildman–Crippen MR) is 115 cm³/mol. The highest BCUT2D eigenvalue weighted by atomic mass is 16.5. The van der Waals surface area contributed by atoms with Crippen LogP contribution in [0.1, 0.15) is 11.1 Å². The number of methoxy groups -OCH3 is 2. The summed E-state index contributed by atoms with van der Waals surface area (Å²) in [5.41, 5.74) is 5.86. The summed E-state index contributed by atoms with van der Waals surface area (Å²) in [6.45, 7) is 1.59. The number of hydrazone groups is 1. The van der Waals surface area contributed by atoms with Gasteiger partial charge in [0.1, 0.15) is 11.5 Å². The number of benzene rings is 2. The van der Waals surface area contributed by atoms with E-state index in [1.54, 1.807) is 14.2 Å². The second-order valence-electron chi connectivity index (χ2n) is 6.02. The molecule has 144 valence electrons. The second kappa shape index (κ2) is 9.97. The van der Waals surface area contributed by atoms with Gasteiger partial charge in [-0.05, 0) is 47.5 Å². The van der Waals surface area contributed by atoms with Gasteiger partial charge in [-0.3, -0.25) is 0 Å². The summed E-state index contributed by atoms with van der Waals surface area (Å²) in [6, 6.07) is 15.7. The van der Waals surface area contributed by atoms with Gasteiger partial charge in [-0.1, -0.05) is 36.4 Å². The molecule has 0 spiro atoms. The summed E-state index contributed by atoms with van der Waals surface area (Å²) in [5.74, 6) is 2.35. The van der Waals surface area contributed by atoms with Crippen LogP contribution in [0.25, 0.3) is 12.2 Å². The summed E-state index contributed by atoms with van der Waals surface area (Å²) in [4.78, 5) is 4.29. The lowest BCUT2D eigenvalue weighted by molar-refractivity contribution is 0.414. The molecule has 28 heavy (non-hydrogen) atoms. The molecule has 0 radical (unpaired) electrons. The van der Waals surface area contributed by atoms with E-state index in [4.69, 9.17) is 9.47 Å². The first-order valence-corrected chi connectivity index (χ1v) is 9.03. The smallest absolute Gasteiger partial charge is 0.212 e. The summed E-state index contributed by atoms with van der Waals surface area (Å²) >= 11 is 0. The van der Waals surface area contributed by atoms with Gasteiger partial charge in [0.15, 0.2) is 0 Å². The Kier molecular flexibility index (Phi) is 6.84. The third kappa shape index (κ3) is 5.74. The number of allylic oxidation sites excluding steroid dienone is 2. The van der Waals surface area contributed by atoms with Crippen LogP contribution in [0.15, 0.2) is 70.8 Å². The highest BCUT2D eigenvalue weighted by Crippen LogP contribution is 2.14. The largest absolute Gasteiger partial charge is 0.497 e. The summed E-state index contributed by atoms with van der Waals surface area (Å²) < 4.78 is 10.4. The summed E-state index contributed by atoms with van der Waals surface area (Å²) in [6.07, 6.45) is 7.90. The summed E-state index contributed by atoms with van der Waals surface area (Å²) in [7, 11) is 3.32. The molecule has 0 amide bonds. The average Bonchev–Trinajstić information content (AvgIpc) is 3.27. The van der Waals surface area contributed by atoms with Crippen LogP contribution < -0.4 is 20.2 Å². The van der Waals surface area contributed by atoms with Gasteiger partial charge in [-0.2, -0.15) is 5.10 Å². The average molecular weight is 376 g/mol. The second-order valence-corrected chi connectivity index (χ2v) is 6.02. The fourth-order valence-electron chi connectivity index (χ4n) is 2.51. The van der Waals surface area contributed by atoms with Gasteiger partial charge in [0.2, 0.25) is 5.96 Å². The normalized spacial score (nSPS) is 13.3. The van der Waals surface area contributed by atoms with Gasteiger partial charge in [0.05, 0.1) is 26.5 Å². The molecule has 0 saturated heterocycles. The molecule has 1 aliphatic rings. The first-order chi connectivity index (χ1) is 13.8. The molecule has 0 aliphatic carbocycles. The van der Waals surface area contributed by atoms with Crippen LogP contribution in [-0.2, 0) is 0 Å². The van der Waals surface area contributed by atoms with E-state index in [0.717, 1.165) is 41.4 Å². The quantitative estimate of drug-likeness (QED) is 0.575. The fourth-order valence-corrected chi connectivity index (χ4v) is 2.51. The van der Waals surface area contributed by atoms with E-state index in [2.05, 4.69) is 20.8 Å². The van der Waals surface area contributed by atoms with E-state index >= 15 is 0 Å². The summed E-state index contributed by atoms with van der Waals surface area (Å²) in [5, 5.41) is 7.59. The van der Waals surface area contributed by atoms with Crippen LogP contribution in [0, 0.1) is 0 Å². The van der Waals surface area contributed by atoms with E-state index in [-0.39, 0.29) is 0 Å². The Morgan fingerprint density at radius 2 is 1.46 bits per heavy atom. The highest BCUT2D eigenvalue weighted by molar-refractivity contribution is 6.09. The molecule has 1 heterocycles. The van der Waals surface area contributed by atoms with Gasteiger partial charge < -0.3 is 14.8 Å². The minimum absolute atomic E-state index is 0.688. The van der Waals surface area contributed by atoms with Gasteiger partial charge in [-0.25, -0.2) is 10.4 Å². The van der Waals surface area contributed by atoms with Crippen molar-refractivity contribution in [2.24, 2.45) is 10.1 Å². The first-order valence-electron chi connectivity index (χ1n) is 9.03. The lowest BCUT2D eigenvalue weighted by Crippen LogP contribution is -2.30. The molecule has 0 atom stereocenters. The van der Waals surface area contributed by atoms with E-state index in [9.17, 15) is 0 Å². The van der Waals surface area contributed by atoms with Crippen LogP contribution in [0.3, 0.4) is 0 Å². The van der Waals surface area contributed by atoms with Crippen molar-refractivity contribution >= 4 is 23.8 Å². The molecule has 6 heteroatoms. The van der Waals surface area contributed by atoms with Crippen molar-refractivity contribution in [2.45, 2.75) is 0 Å². The topological polar surface area (TPSA) is 67.2 Å². The Hall–Kier alpha value is -3.54. The Labute approximate surface area is 165 Å². The molecule has 0 bridgehead atoms. The number of hydrogen-bond acceptors (Lipinski definition) is 6. The predicted octanol–water partition coefficient (Wildman–Crippen LogP) is 3.34. The van der Waals surface area contributed by atoms with Crippen molar-refractivity contribution in [1.82, 2.24) is 10.7 Å². The number of aliphatic imine (C=N–C) groups is 1. The van der Waals surface area contributed by atoms with E-state index in [1.807, 2.05) is 72.8 Å². The number of nitrogens with zero attached hydrogens (tertiary/aromatic N) is 2. The molecule has 0 aromatic heterocycles. The first kappa shape index (κ1) is 19.2. The molecule has 2 N–H and O–H groups in total. The Bertz CT molecular complexity index is 822. The number of guanidine groups is 1. The number of rotatable bonds is 7. The highest BCUT2D eigenvalue weighted by Gasteiger charge is 2.02. The zero-order valence-corrected chi connectivity index (χ0v) is 16.1.